The van der Waals surface area contributed by atoms with E-state index < -0.39 is 51.2 Å². The molecule has 0 unspecified atom stereocenters. The van der Waals surface area contributed by atoms with Crippen molar-refractivity contribution in [3.8, 4) is 0 Å². The minimum atomic E-state index is -2.27. The number of imide groups is 1. The first kappa shape index (κ1) is 20.5. The zero-order valence-corrected chi connectivity index (χ0v) is 14.6. The van der Waals surface area contributed by atoms with Crippen LogP contribution in [0.5, 0.6) is 0 Å². The van der Waals surface area contributed by atoms with Crippen LogP contribution < -0.4 is 10.6 Å². The van der Waals surface area contributed by atoms with Gasteiger partial charge in [0.15, 0.2) is 23.3 Å². The van der Waals surface area contributed by atoms with Gasteiger partial charge in [-0.1, -0.05) is 19.3 Å². The van der Waals surface area contributed by atoms with E-state index >= 15 is 0 Å². The van der Waals surface area contributed by atoms with Crippen LogP contribution in [0.15, 0.2) is 4.90 Å². The molecule has 1 fully saturated rings. The molecule has 0 aromatic heterocycles. The number of thioether (sulfide) groups is 1. The van der Waals surface area contributed by atoms with Crippen molar-refractivity contribution in [2.24, 2.45) is 0 Å². The summed E-state index contributed by atoms with van der Waals surface area (Å²) in [6.07, 6.45) is 4.58. The van der Waals surface area contributed by atoms with E-state index in [2.05, 4.69) is 5.32 Å². The third-order valence-corrected chi connectivity index (χ3v) is 5.17. The summed E-state index contributed by atoms with van der Waals surface area (Å²) in [7, 11) is 0. The van der Waals surface area contributed by atoms with Gasteiger partial charge in [0.25, 0.3) is 0 Å². The van der Waals surface area contributed by atoms with Crippen molar-refractivity contribution in [3.05, 3.63) is 29.1 Å². The monoisotopic (exact) mass is 396 g/mol. The molecule has 0 spiro atoms. The molecule has 26 heavy (non-hydrogen) atoms. The van der Waals surface area contributed by atoms with Crippen LogP contribution >= 0.6 is 11.8 Å². The minimum Gasteiger partial charge on any atom is -0.335 e. The Labute approximate surface area is 150 Å². The normalized spacial score (nSPS) is 16.2. The molecule has 0 aliphatic heterocycles. The van der Waals surface area contributed by atoms with Crippen molar-refractivity contribution in [2.75, 3.05) is 0 Å². The Balaban J connectivity index is 2.00. The summed E-state index contributed by atoms with van der Waals surface area (Å²) in [5.74, 6) is -11.4. The fourth-order valence-electron chi connectivity index (χ4n) is 2.60. The third-order valence-electron chi connectivity index (χ3n) is 4.01. The second kappa shape index (κ2) is 8.70. The molecule has 10 heteroatoms. The van der Waals surface area contributed by atoms with Gasteiger partial charge >= 0.3 is 6.03 Å². The molecule has 4 nitrogen and oxygen atoms in total. The molecule has 1 aromatic carbocycles. The lowest BCUT2D eigenvalue weighted by Gasteiger charge is -2.23. The van der Waals surface area contributed by atoms with Crippen LogP contribution in [0.25, 0.3) is 0 Å². The highest BCUT2D eigenvalue weighted by Crippen LogP contribution is 2.33. The van der Waals surface area contributed by atoms with Crippen LogP contribution in [-0.4, -0.2) is 23.2 Å². The van der Waals surface area contributed by atoms with E-state index in [-0.39, 0.29) is 17.8 Å². The second-order valence-corrected chi connectivity index (χ2v) is 7.31. The molecule has 144 valence electrons. The molecule has 1 aliphatic carbocycles. The fraction of sp³-hybridized carbons (Fsp3) is 0.500. The van der Waals surface area contributed by atoms with Gasteiger partial charge in [-0.3, -0.25) is 10.1 Å². The van der Waals surface area contributed by atoms with Gasteiger partial charge in [-0.25, -0.2) is 26.7 Å². The molecule has 1 saturated carbocycles. The van der Waals surface area contributed by atoms with Gasteiger partial charge in [-0.05, 0) is 19.8 Å². The van der Waals surface area contributed by atoms with Gasteiger partial charge in [-0.15, -0.1) is 11.8 Å². The molecule has 1 aromatic rings. The molecular formula is C16H17F5N2O2S. The van der Waals surface area contributed by atoms with Crippen molar-refractivity contribution in [3.63, 3.8) is 0 Å². The van der Waals surface area contributed by atoms with Crippen LogP contribution in [0.4, 0.5) is 26.7 Å². The summed E-state index contributed by atoms with van der Waals surface area (Å²) in [4.78, 5) is 22.6. The van der Waals surface area contributed by atoms with Crippen molar-refractivity contribution >= 4 is 23.7 Å². The number of halogens is 5. The average molecular weight is 396 g/mol. The number of carbonyl (C=O) groups is 2. The van der Waals surface area contributed by atoms with Crippen molar-refractivity contribution in [1.29, 1.82) is 0 Å². The maximum atomic E-state index is 13.6. The number of hydrogen-bond acceptors (Lipinski definition) is 3. The number of urea groups is 1. The standard InChI is InChI=1S/C16H17F5N2O2S/c1-7(15(24)23-16(25)22-8-5-3-2-4-6-8)26-14-12(20)10(18)9(17)11(19)13(14)21/h7-8H,2-6H2,1H3,(H2,22,23,24,25)/t7-/m0/s1. The molecule has 0 heterocycles. The highest BCUT2D eigenvalue weighted by Gasteiger charge is 2.29. The van der Waals surface area contributed by atoms with Crippen molar-refractivity contribution in [2.45, 2.75) is 55.2 Å². The van der Waals surface area contributed by atoms with Crippen LogP contribution in [0.1, 0.15) is 39.0 Å². The van der Waals surface area contributed by atoms with E-state index in [1.165, 1.54) is 6.92 Å². The molecular weight excluding hydrogens is 379 g/mol. The lowest BCUT2D eigenvalue weighted by atomic mass is 9.96. The predicted octanol–water partition coefficient (Wildman–Crippen LogP) is 4.02. The summed E-state index contributed by atoms with van der Waals surface area (Å²) >= 11 is 0.141. The summed E-state index contributed by atoms with van der Waals surface area (Å²) < 4.78 is 66.7. The lowest BCUT2D eigenvalue weighted by molar-refractivity contribution is -0.119. The van der Waals surface area contributed by atoms with Gasteiger partial charge < -0.3 is 5.32 Å². The maximum absolute atomic E-state index is 13.6. The Kier molecular flexibility index (Phi) is 6.85. The van der Waals surface area contributed by atoms with Crippen LogP contribution in [-0.2, 0) is 4.79 Å². The number of amides is 3. The number of benzene rings is 1. The lowest BCUT2D eigenvalue weighted by Crippen LogP contribution is -2.47. The molecule has 0 bridgehead atoms. The Hall–Kier alpha value is -1.84. The molecule has 0 radical (unpaired) electrons. The van der Waals surface area contributed by atoms with E-state index in [9.17, 15) is 31.5 Å². The van der Waals surface area contributed by atoms with Crippen LogP contribution in [0.2, 0.25) is 0 Å². The quantitative estimate of drug-likeness (QED) is 0.350. The molecule has 2 rings (SSSR count). The van der Waals surface area contributed by atoms with Crippen LogP contribution in [0, 0.1) is 29.1 Å². The molecule has 1 atom stereocenters. The van der Waals surface area contributed by atoms with E-state index in [1.807, 2.05) is 5.32 Å². The van der Waals surface area contributed by atoms with E-state index in [0.29, 0.717) is 0 Å². The van der Waals surface area contributed by atoms with Gasteiger partial charge in [0.2, 0.25) is 11.7 Å². The Morgan fingerprint density at radius 1 is 0.923 bits per heavy atom. The molecule has 0 saturated heterocycles. The number of nitrogens with one attached hydrogen (secondary N) is 2. The van der Waals surface area contributed by atoms with Crippen molar-refractivity contribution in [1.82, 2.24) is 10.6 Å². The largest absolute Gasteiger partial charge is 0.335 e. The molecule has 2 N–H and O–H groups in total. The summed E-state index contributed by atoms with van der Waals surface area (Å²) in [5, 5.41) is 3.37. The summed E-state index contributed by atoms with van der Waals surface area (Å²) in [6.45, 7) is 1.19. The first-order valence-corrected chi connectivity index (χ1v) is 8.89. The summed E-state index contributed by atoms with van der Waals surface area (Å²) in [6, 6.07) is -0.818. The topological polar surface area (TPSA) is 58.2 Å². The third kappa shape index (κ3) is 4.66. The number of rotatable bonds is 4. The second-order valence-electron chi connectivity index (χ2n) is 5.96. The highest BCUT2D eigenvalue weighted by molar-refractivity contribution is 8.00. The van der Waals surface area contributed by atoms with Gasteiger partial charge in [0.05, 0.1) is 10.1 Å². The SMILES string of the molecule is C[C@H](Sc1c(F)c(F)c(F)c(F)c1F)C(=O)NC(=O)NC1CCCCC1. The van der Waals surface area contributed by atoms with Crippen molar-refractivity contribution < 1.29 is 31.5 Å². The zero-order chi connectivity index (χ0) is 19.4. The maximum Gasteiger partial charge on any atom is 0.321 e. The first-order chi connectivity index (χ1) is 12.2. The smallest absolute Gasteiger partial charge is 0.321 e. The average Bonchev–Trinajstić information content (AvgIpc) is 2.62. The number of carbonyl (C=O) groups excluding carboxylic acids is 2. The Morgan fingerprint density at radius 3 is 1.96 bits per heavy atom. The minimum absolute atomic E-state index is 0.0605. The fourth-order valence-corrected chi connectivity index (χ4v) is 3.51. The Bertz CT molecular complexity index is 681. The van der Waals surface area contributed by atoms with Gasteiger partial charge in [0, 0.05) is 6.04 Å². The predicted molar refractivity (Wildman–Crippen MR) is 85.1 cm³/mol. The Morgan fingerprint density at radius 2 is 1.42 bits per heavy atom. The van der Waals surface area contributed by atoms with Crippen LogP contribution in [0.3, 0.4) is 0 Å². The first-order valence-electron chi connectivity index (χ1n) is 8.01. The highest BCUT2D eigenvalue weighted by atomic mass is 32.2. The van der Waals surface area contributed by atoms with Gasteiger partial charge in [-0.2, -0.15) is 0 Å². The van der Waals surface area contributed by atoms with E-state index in [4.69, 9.17) is 0 Å². The molecule has 3 amide bonds. The number of hydrogen-bond donors (Lipinski definition) is 2. The van der Waals surface area contributed by atoms with E-state index in [0.717, 1.165) is 32.1 Å². The van der Waals surface area contributed by atoms with E-state index in [1.54, 1.807) is 0 Å². The zero-order valence-electron chi connectivity index (χ0n) is 13.8. The van der Waals surface area contributed by atoms with Gasteiger partial charge in [0.1, 0.15) is 0 Å². The molecule has 1 aliphatic rings. The summed E-state index contributed by atoms with van der Waals surface area (Å²) in [5.41, 5.74) is 0.